The van der Waals surface area contributed by atoms with Crippen LogP contribution in [0.15, 0.2) is 430 Å². The van der Waals surface area contributed by atoms with Crippen molar-refractivity contribution in [1.82, 2.24) is 0 Å². The smallest absolute Gasteiger partial charge is 0.0468 e. The lowest BCUT2D eigenvalue weighted by molar-refractivity contribution is 0.660. The maximum Gasteiger partial charge on any atom is 0.0468 e. The Bertz CT molecular complexity index is 6510. The summed E-state index contributed by atoms with van der Waals surface area (Å²) in [5.74, 6) is 0. The van der Waals surface area contributed by atoms with Gasteiger partial charge >= 0.3 is 0 Å². The van der Waals surface area contributed by atoms with Crippen molar-refractivity contribution in [2.75, 3.05) is 9.80 Å². The van der Waals surface area contributed by atoms with Crippen LogP contribution < -0.4 is 9.80 Å². The summed E-state index contributed by atoms with van der Waals surface area (Å²) in [6.45, 7) is 9.55. The zero-order chi connectivity index (χ0) is 77.9. The molecule has 0 aliphatic heterocycles. The lowest BCUT2D eigenvalue weighted by Gasteiger charge is -2.31. The third-order valence-electron chi connectivity index (χ3n) is 24.7. The van der Waals surface area contributed by atoms with Gasteiger partial charge in [-0.2, -0.15) is 0 Å². The van der Waals surface area contributed by atoms with Crippen LogP contribution in [0.5, 0.6) is 0 Å². The van der Waals surface area contributed by atoms with Crippen molar-refractivity contribution in [3.05, 3.63) is 458 Å². The van der Waals surface area contributed by atoms with E-state index in [1.54, 1.807) is 0 Å². The standard InChI is InChI=1S/C114H86N2/c1-113(2)109-39-21-20-36-103(109)104-68-57-92(74-110(104)113)90-34-22-35-93(72-90)101-71-67-99(76-108(101)87-32-18-9-19-33-87)116(96-62-52-83(53-63-96)79-28-14-7-15-29-79)97-64-54-84(55-65-97)80-40-46-89(47-41-80)102-37-23-38-106-105-69-56-91(73-111(105)114(3,4)112(102)106)85-42-44-88(45-43-85)100-70-66-98(75-107(100)86-30-16-8-17-31-86)115(94-58-48-81(49-59-94)77-24-10-5-11-25-77)95-60-50-82(51-61-95)78-26-12-6-13-27-78/h5-52,54-62,64-76H,53,63H2,1-4H3. The van der Waals surface area contributed by atoms with E-state index in [4.69, 9.17) is 0 Å². The van der Waals surface area contributed by atoms with Crippen LogP contribution in [0.3, 0.4) is 0 Å². The average molecular weight is 1480 g/mol. The molecule has 0 spiro atoms. The molecule has 3 aliphatic carbocycles. The first kappa shape index (κ1) is 70.9. The Hall–Kier alpha value is -14.2. The first-order chi connectivity index (χ1) is 57.0. The molecule has 0 saturated carbocycles. The summed E-state index contributed by atoms with van der Waals surface area (Å²) in [5, 5.41) is 0. The highest BCUT2D eigenvalue weighted by Gasteiger charge is 2.39. The average Bonchev–Trinajstić information content (AvgIpc) is 1.59. The monoisotopic (exact) mass is 1480 g/mol. The third-order valence-corrected chi connectivity index (χ3v) is 24.7. The summed E-state index contributed by atoms with van der Waals surface area (Å²) in [6.07, 6.45) is 6.52. The fraction of sp³-hybridized carbons (Fsp3) is 0.0702. The SMILES string of the molecule is CC1(C)c2ccccc2-c2ccc(-c3cccc(-c4ccc(N(C5=CC=C(c6ccccc6)CC5)c5ccc(-c6ccc(-c7cccc8c7C(C)(C)c7cc(-c9ccc(-c%10ccc(N(c%11ccc(-c%12ccccc%12)cc%11)c%11ccc(-c%12ccccc%12)cc%11)cc%10-c%10ccccc%10)cc9)ccc7-8)cc6)cc5)cc4-c4ccccc4)c3)cc21. The van der Waals surface area contributed by atoms with Gasteiger partial charge in [0.05, 0.1) is 0 Å². The van der Waals surface area contributed by atoms with E-state index in [-0.39, 0.29) is 10.8 Å². The third kappa shape index (κ3) is 13.1. The van der Waals surface area contributed by atoms with Crippen molar-refractivity contribution in [1.29, 1.82) is 0 Å². The molecule has 0 amide bonds. The Kier molecular flexibility index (Phi) is 18.2. The molecule has 0 radical (unpaired) electrons. The van der Waals surface area contributed by atoms with E-state index in [9.17, 15) is 0 Å². The minimum absolute atomic E-state index is 0.0820. The molecule has 116 heavy (non-hydrogen) atoms. The largest absolute Gasteiger partial charge is 0.314 e. The second-order valence-electron chi connectivity index (χ2n) is 32.2. The Morgan fingerprint density at radius 1 is 0.181 bits per heavy atom. The molecule has 0 saturated heterocycles. The Balaban J connectivity index is 0.581. The predicted octanol–water partition coefficient (Wildman–Crippen LogP) is 31.3. The normalized spacial score (nSPS) is 13.3. The van der Waals surface area contributed by atoms with Crippen LogP contribution in [0, 0.1) is 0 Å². The van der Waals surface area contributed by atoms with E-state index in [0.717, 1.165) is 52.4 Å². The Morgan fingerprint density at radius 3 is 1.03 bits per heavy atom. The molecule has 2 heteroatoms. The van der Waals surface area contributed by atoms with Gasteiger partial charge in [-0.15, -0.1) is 0 Å². The van der Waals surface area contributed by atoms with Crippen LogP contribution in [0.1, 0.15) is 68.4 Å². The summed E-state index contributed by atoms with van der Waals surface area (Å²) < 4.78 is 0. The van der Waals surface area contributed by atoms with Crippen molar-refractivity contribution < 1.29 is 0 Å². The fourth-order valence-electron chi connectivity index (χ4n) is 18.6. The molecule has 3 aliphatic rings. The van der Waals surface area contributed by atoms with E-state index < -0.39 is 0 Å². The number of hydrogen-bond donors (Lipinski definition) is 0. The van der Waals surface area contributed by atoms with Gasteiger partial charge in [0.2, 0.25) is 0 Å². The second-order valence-corrected chi connectivity index (χ2v) is 32.2. The van der Waals surface area contributed by atoms with Crippen molar-refractivity contribution in [3.8, 4) is 134 Å². The minimum Gasteiger partial charge on any atom is -0.314 e. The maximum atomic E-state index is 2.49. The van der Waals surface area contributed by atoms with E-state index in [1.165, 1.54) is 161 Å². The molecule has 0 bridgehead atoms. The van der Waals surface area contributed by atoms with Crippen LogP contribution in [0.25, 0.3) is 139 Å². The van der Waals surface area contributed by atoms with Gasteiger partial charge in [0, 0.05) is 45.0 Å². The van der Waals surface area contributed by atoms with Gasteiger partial charge in [0.1, 0.15) is 0 Å². The second kappa shape index (κ2) is 29.7. The fourth-order valence-corrected chi connectivity index (χ4v) is 18.6. The van der Waals surface area contributed by atoms with Crippen LogP contribution in [0.2, 0.25) is 0 Å². The highest BCUT2D eigenvalue weighted by Crippen LogP contribution is 2.55. The van der Waals surface area contributed by atoms with Gasteiger partial charge < -0.3 is 9.80 Å². The lowest BCUT2D eigenvalue weighted by atomic mass is 9.78. The number of benzene rings is 17. The summed E-state index contributed by atoms with van der Waals surface area (Å²) in [6, 6.07) is 153. The lowest BCUT2D eigenvalue weighted by Crippen LogP contribution is -2.18. The first-order valence-electron chi connectivity index (χ1n) is 40.7. The van der Waals surface area contributed by atoms with Gasteiger partial charge in [-0.25, -0.2) is 0 Å². The van der Waals surface area contributed by atoms with Crippen LogP contribution in [0.4, 0.5) is 28.4 Å². The minimum atomic E-state index is -0.263. The molecule has 0 atom stereocenters. The number of hydrogen-bond acceptors (Lipinski definition) is 2. The van der Waals surface area contributed by atoms with Crippen LogP contribution in [-0.4, -0.2) is 0 Å². The van der Waals surface area contributed by atoms with Gasteiger partial charge in [0.25, 0.3) is 0 Å². The number of rotatable bonds is 17. The van der Waals surface area contributed by atoms with Crippen molar-refractivity contribution >= 4 is 34.0 Å². The molecule has 0 N–H and O–H groups in total. The number of fused-ring (bicyclic) bond motifs is 6. The number of nitrogens with zero attached hydrogens (tertiary/aromatic N) is 2. The van der Waals surface area contributed by atoms with E-state index in [1.807, 2.05) is 0 Å². The van der Waals surface area contributed by atoms with Gasteiger partial charge in [0.15, 0.2) is 0 Å². The molecule has 0 heterocycles. The van der Waals surface area contributed by atoms with E-state index >= 15 is 0 Å². The summed E-state index contributed by atoms with van der Waals surface area (Å²) >= 11 is 0. The topological polar surface area (TPSA) is 6.48 Å². The van der Waals surface area contributed by atoms with Crippen LogP contribution >= 0.6 is 0 Å². The summed E-state index contributed by atoms with van der Waals surface area (Å²) in [5.41, 5.74) is 43.7. The van der Waals surface area contributed by atoms with Crippen molar-refractivity contribution in [2.24, 2.45) is 0 Å². The van der Waals surface area contributed by atoms with E-state index in [0.29, 0.717) is 0 Å². The van der Waals surface area contributed by atoms with Gasteiger partial charge in [-0.05, 0) is 265 Å². The Morgan fingerprint density at radius 2 is 0.500 bits per heavy atom. The quantitative estimate of drug-likeness (QED) is 0.0896. The zero-order valence-corrected chi connectivity index (χ0v) is 65.7. The molecule has 0 aromatic heterocycles. The van der Waals surface area contributed by atoms with Crippen molar-refractivity contribution in [3.63, 3.8) is 0 Å². The molecular weight excluding hydrogens is 1400 g/mol. The molecule has 0 unspecified atom stereocenters. The summed E-state index contributed by atoms with van der Waals surface area (Å²) in [4.78, 5) is 4.88. The predicted molar refractivity (Wildman–Crippen MR) is 491 cm³/mol. The molecule has 20 rings (SSSR count). The highest BCUT2D eigenvalue weighted by molar-refractivity contribution is 5.95. The molecule has 2 nitrogen and oxygen atoms in total. The summed E-state index contributed by atoms with van der Waals surface area (Å²) in [7, 11) is 0. The van der Waals surface area contributed by atoms with E-state index in [2.05, 4.69) is 462 Å². The Labute approximate surface area is 682 Å². The maximum absolute atomic E-state index is 2.49. The van der Waals surface area contributed by atoms with Crippen LogP contribution in [-0.2, 0) is 10.8 Å². The molecule has 552 valence electrons. The molecule has 0 fully saturated rings. The van der Waals surface area contributed by atoms with Gasteiger partial charge in [-0.1, -0.05) is 367 Å². The first-order valence-corrected chi connectivity index (χ1v) is 40.7. The zero-order valence-electron chi connectivity index (χ0n) is 65.7. The molecule has 17 aromatic carbocycles. The number of allylic oxidation sites excluding steroid dienone is 4. The van der Waals surface area contributed by atoms with Crippen molar-refractivity contribution in [2.45, 2.75) is 51.4 Å². The van der Waals surface area contributed by atoms with Gasteiger partial charge in [-0.3, -0.25) is 0 Å². The molecular formula is C114H86N2. The highest BCUT2D eigenvalue weighted by atomic mass is 15.2. The molecule has 17 aromatic rings. The number of anilines is 5.